The molecular weight excluding hydrogens is 220 g/mol. The second-order valence-corrected chi connectivity index (χ2v) is 3.26. The van der Waals surface area contributed by atoms with E-state index in [2.05, 4.69) is 0 Å². The molecule has 0 amide bonds. The van der Waals surface area contributed by atoms with Gasteiger partial charge in [0, 0.05) is 10.6 Å². The number of rotatable bonds is 3. The fourth-order valence-corrected chi connectivity index (χ4v) is 1.56. The quantitative estimate of drug-likeness (QED) is 0.629. The van der Waals surface area contributed by atoms with Crippen LogP contribution in [0.4, 0.5) is 5.69 Å². The van der Waals surface area contributed by atoms with E-state index in [9.17, 15) is 10.1 Å². The molecule has 0 aliphatic carbocycles. The first-order chi connectivity index (χ1) is 7.10. The third-order valence-corrected chi connectivity index (χ3v) is 2.07. The summed E-state index contributed by atoms with van der Waals surface area (Å²) in [5.41, 5.74) is 0.111. The first-order valence-corrected chi connectivity index (χ1v) is 4.41. The molecule has 0 spiro atoms. The molecule has 78 valence electrons. The minimum atomic E-state index is -0.617. The molecule has 15 heavy (non-hydrogen) atoms. The molecule has 6 heteroatoms. The highest BCUT2D eigenvalue weighted by atomic mass is 35.5. The van der Waals surface area contributed by atoms with Gasteiger partial charge in [0.25, 0.3) is 5.69 Å². The molecule has 0 radical (unpaired) electrons. The minimum Gasteiger partial charge on any atom is -0.391 e. The van der Waals surface area contributed by atoms with Gasteiger partial charge >= 0.3 is 0 Å². The van der Waals surface area contributed by atoms with Crippen LogP contribution in [0.3, 0.4) is 0 Å². The molecule has 1 rings (SSSR count). The monoisotopic (exact) mass is 226 g/mol. The summed E-state index contributed by atoms with van der Waals surface area (Å²) in [6.07, 6.45) is -0.107. The first-order valence-electron chi connectivity index (χ1n) is 4.03. The van der Waals surface area contributed by atoms with Crippen molar-refractivity contribution >= 4 is 17.3 Å². The van der Waals surface area contributed by atoms with Crippen LogP contribution in [0.1, 0.15) is 11.1 Å². The van der Waals surface area contributed by atoms with Crippen molar-refractivity contribution in [2.45, 2.75) is 13.0 Å². The minimum absolute atomic E-state index is 0.107. The molecule has 0 aliphatic heterocycles. The Kier molecular flexibility index (Phi) is 3.61. The molecule has 1 aromatic rings. The number of nitro groups is 1. The van der Waals surface area contributed by atoms with Gasteiger partial charge in [0.2, 0.25) is 0 Å². The van der Waals surface area contributed by atoms with Gasteiger partial charge in [0.05, 0.1) is 29.6 Å². The molecule has 0 atom stereocenters. The van der Waals surface area contributed by atoms with Gasteiger partial charge in [0.1, 0.15) is 0 Å². The van der Waals surface area contributed by atoms with Gasteiger partial charge in [-0.25, -0.2) is 0 Å². The molecular formula is C9H7ClN2O3. The molecule has 0 saturated heterocycles. The average molecular weight is 227 g/mol. The Labute approximate surface area is 90.7 Å². The second-order valence-electron chi connectivity index (χ2n) is 2.82. The van der Waals surface area contributed by atoms with Crippen molar-refractivity contribution in [1.82, 2.24) is 0 Å². The highest BCUT2D eigenvalue weighted by Crippen LogP contribution is 2.28. The number of halogens is 1. The first kappa shape index (κ1) is 11.4. The summed E-state index contributed by atoms with van der Waals surface area (Å²) in [6.45, 7) is -0.477. The molecule has 0 aromatic heterocycles. The number of aliphatic hydroxyl groups excluding tert-OH is 1. The lowest BCUT2D eigenvalue weighted by Gasteiger charge is -2.04. The lowest BCUT2D eigenvalue weighted by molar-refractivity contribution is -0.386. The standard InChI is InChI=1S/C9H7ClN2O3/c10-8-3-6(1-2-11)9(12(14)15)7(4-8)5-13/h3-4,13H,1,5H2. The number of hydrogen-bond donors (Lipinski definition) is 1. The summed E-state index contributed by atoms with van der Waals surface area (Å²) in [6, 6.07) is 4.50. The van der Waals surface area contributed by atoms with Gasteiger partial charge < -0.3 is 5.11 Å². The molecule has 0 bridgehead atoms. The van der Waals surface area contributed by atoms with E-state index >= 15 is 0 Å². The molecule has 5 nitrogen and oxygen atoms in total. The summed E-state index contributed by atoms with van der Waals surface area (Å²) in [5.74, 6) is 0. The molecule has 1 aromatic carbocycles. The zero-order chi connectivity index (χ0) is 11.4. The number of nitrogens with zero attached hydrogens (tertiary/aromatic N) is 2. The summed E-state index contributed by atoms with van der Waals surface area (Å²) >= 11 is 5.70. The zero-order valence-electron chi connectivity index (χ0n) is 7.61. The predicted molar refractivity (Wildman–Crippen MR) is 53.3 cm³/mol. The maximum Gasteiger partial charge on any atom is 0.279 e. The van der Waals surface area contributed by atoms with E-state index in [0.29, 0.717) is 0 Å². The Balaban J connectivity index is 3.41. The second kappa shape index (κ2) is 4.73. The van der Waals surface area contributed by atoms with Crippen molar-refractivity contribution in [2.75, 3.05) is 0 Å². The van der Waals surface area contributed by atoms with E-state index in [1.807, 2.05) is 6.07 Å². The number of hydrogen-bond acceptors (Lipinski definition) is 4. The van der Waals surface area contributed by atoms with Crippen LogP contribution in [0.15, 0.2) is 12.1 Å². The lowest BCUT2D eigenvalue weighted by atomic mass is 10.1. The van der Waals surface area contributed by atoms with Crippen LogP contribution in [0.25, 0.3) is 0 Å². The van der Waals surface area contributed by atoms with Crippen LogP contribution in [0, 0.1) is 21.4 Å². The van der Waals surface area contributed by atoms with E-state index in [1.165, 1.54) is 12.1 Å². The van der Waals surface area contributed by atoms with Crippen LogP contribution in [-0.2, 0) is 13.0 Å². The van der Waals surface area contributed by atoms with Crippen molar-refractivity contribution in [1.29, 1.82) is 5.26 Å². The van der Waals surface area contributed by atoms with Crippen molar-refractivity contribution < 1.29 is 10.0 Å². The summed E-state index contributed by atoms with van der Waals surface area (Å²) in [7, 11) is 0. The molecule has 0 unspecified atom stereocenters. The highest BCUT2D eigenvalue weighted by molar-refractivity contribution is 6.30. The summed E-state index contributed by atoms with van der Waals surface area (Å²) < 4.78 is 0. The summed E-state index contributed by atoms with van der Waals surface area (Å²) in [4.78, 5) is 10.1. The Hall–Kier alpha value is -1.64. The fourth-order valence-electron chi connectivity index (χ4n) is 1.29. The van der Waals surface area contributed by atoms with Gasteiger partial charge in [-0.05, 0) is 12.1 Å². The smallest absolute Gasteiger partial charge is 0.279 e. The molecule has 0 saturated carbocycles. The van der Waals surface area contributed by atoms with Gasteiger partial charge in [-0.1, -0.05) is 11.6 Å². The number of nitriles is 1. The van der Waals surface area contributed by atoms with Gasteiger partial charge in [-0.3, -0.25) is 10.1 Å². The van der Waals surface area contributed by atoms with Gasteiger partial charge in [0.15, 0.2) is 0 Å². The maximum atomic E-state index is 10.7. The fraction of sp³-hybridized carbons (Fsp3) is 0.222. The molecule has 0 aliphatic rings. The normalized spacial score (nSPS) is 9.67. The molecule has 0 fully saturated rings. The lowest BCUT2D eigenvalue weighted by Crippen LogP contribution is -2.00. The predicted octanol–water partition coefficient (Wildman–Crippen LogP) is 1.81. The van der Waals surface area contributed by atoms with Crippen LogP contribution in [0.2, 0.25) is 5.02 Å². The van der Waals surface area contributed by atoms with E-state index in [1.54, 1.807) is 0 Å². The average Bonchev–Trinajstić information content (AvgIpc) is 2.16. The Morgan fingerprint density at radius 3 is 2.60 bits per heavy atom. The van der Waals surface area contributed by atoms with Crippen LogP contribution in [0.5, 0.6) is 0 Å². The Bertz CT molecular complexity index is 440. The van der Waals surface area contributed by atoms with Crippen molar-refractivity contribution in [3.8, 4) is 6.07 Å². The van der Waals surface area contributed by atoms with E-state index in [-0.39, 0.29) is 28.3 Å². The molecule has 1 N–H and O–H groups in total. The van der Waals surface area contributed by atoms with Crippen LogP contribution >= 0.6 is 11.6 Å². The van der Waals surface area contributed by atoms with Crippen LogP contribution in [-0.4, -0.2) is 10.0 Å². The topological polar surface area (TPSA) is 87.2 Å². The Morgan fingerprint density at radius 2 is 2.13 bits per heavy atom. The SMILES string of the molecule is N#CCc1cc(Cl)cc(CO)c1[N+](=O)[O-]. The van der Waals surface area contributed by atoms with E-state index in [4.69, 9.17) is 22.0 Å². The summed E-state index contributed by atoms with van der Waals surface area (Å²) in [5, 5.41) is 28.4. The van der Waals surface area contributed by atoms with Crippen molar-refractivity contribution in [3.05, 3.63) is 38.4 Å². The van der Waals surface area contributed by atoms with E-state index < -0.39 is 11.5 Å². The van der Waals surface area contributed by atoms with Crippen molar-refractivity contribution in [3.63, 3.8) is 0 Å². The maximum absolute atomic E-state index is 10.7. The number of benzene rings is 1. The zero-order valence-corrected chi connectivity index (χ0v) is 8.36. The third-order valence-electron chi connectivity index (χ3n) is 1.85. The number of aliphatic hydroxyl groups is 1. The highest BCUT2D eigenvalue weighted by Gasteiger charge is 2.19. The largest absolute Gasteiger partial charge is 0.391 e. The van der Waals surface area contributed by atoms with Gasteiger partial charge in [-0.2, -0.15) is 5.26 Å². The Morgan fingerprint density at radius 1 is 1.53 bits per heavy atom. The number of nitro benzene ring substituents is 1. The van der Waals surface area contributed by atoms with Gasteiger partial charge in [-0.15, -0.1) is 0 Å². The van der Waals surface area contributed by atoms with Crippen LogP contribution < -0.4 is 0 Å². The molecule has 0 heterocycles. The third kappa shape index (κ3) is 2.43. The van der Waals surface area contributed by atoms with Crippen molar-refractivity contribution in [2.24, 2.45) is 0 Å². The van der Waals surface area contributed by atoms with E-state index in [0.717, 1.165) is 0 Å².